The molecule has 1 saturated carbocycles. The molecule has 1 unspecified atom stereocenters. The number of carboxylic acid groups (broad SMARTS) is 1. The number of amides is 1. The van der Waals surface area contributed by atoms with Crippen LogP contribution in [0.4, 0.5) is 4.79 Å². The molecule has 5 heteroatoms. The minimum absolute atomic E-state index is 0.112. The van der Waals surface area contributed by atoms with Gasteiger partial charge in [0, 0.05) is 18.5 Å². The monoisotopic (exact) mass is 271 g/mol. The van der Waals surface area contributed by atoms with E-state index < -0.39 is 17.7 Å². The Balaban J connectivity index is 2.72. The average molecular weight is 271 g/mol. The van der Waals surface area contributed by atoms with Crippen molar-refractivity contribution in [3.8, 4) is 0 Å². The zero-order chi connectivity index (χ0) is 14.8. The van der Waals surface area contributed by atoms with Crippen LogP contribution in [-0.4, -0.2) is 40.8 Å². The smallest absolute Gasteiger partial charge is 0.410 e. The first-order valence-electron chi connectivity index (χ1n) is 6.75. The van der Waals surface area contributed by atoms with Gasteiger partial charge in [0.25, 0.3) is 0 Å². The lowest BCUT2D eigenvalue weighted by atomic mass is 9.62. The molecular weight excluding hydrogens is 246 g/mol. The van der Waals surface area contributed by atoms with Gasteiger partial charge >= 0.3 is 12.1 Å². The third-order valence-electron chi connectivity index (χ3n) is 4.00. The number of nitrogens with zero attached hydrogens (tertiary/aromatic N) is 1. The molecule has 0 aromatic carbocycles. The zero-order valence-corrected chi connectivity index (χ0v) is 12.5. The van der Waals surface area contributed by atoms with Crippen LogP contribution >= 0.6 is 0 Å². The SMILES string of the molecule is CC(N(C)C(=O)OC(C)(C)C)C1(CC(=O)O)CCC1. The maximum absolute atomic E-state index is 12.0. The number of carbonyl (C=O) groups is 2. The van der Waals surface area contributed by atoms with Gasteiger partial charge in [-0.25, -0.2) is 4.79 Å². The fraction of sp³-hybridized carbons (Fsp3) is 0.857. The van der Waals surface area contributed by atoms with Gasteiger partial charge in [-0.2, -0.15) is 0 Å². The van der Waals surface area contributed by atoms with Crippen LogP contribution in [0.5, 0.6) is 0 Å². The topological polar surface area (TPSA) is 66.8 Å². The van der Waals surface area contributed by atoms with E-state index >= 15 is 0 Å². The van der Waals surface area contributed by atoms with Gasteiger partial charge in [-0.1, -0.05) is 6.42 Å². The Bertz CT molecular complexity index is 355. The number of rotatable bonds is 4. The van der Waals surface area contributed by atoms with Crippen LogP contribution in [0.3, 0.4) is 0 Å². The Morgan fingerprint density at radius 2 is 1.89 bits per heavy atom. The molecule has 0 heterocycles. The number of carbonyl (C=O) groups excluding carboxylic acids is 1. The van der Waals surface area contributed by atoms with E-state index in [0.717, 1.165) is 19.3 Å². The van der Waals surface area contributed by atoms with Gasteiger partial charge in [-0.3, -0.25) is 4.79 Å². The van der Waals surface area contributed by atoms with Gasteiger partial charge in [0.05, 0.1) is 6.42 Å². The van der Waals surface area contributed by atoms with Crippen LogP contribution in [0.1, 0.15) is 53.4 Å². The summed E-state index contributed by atoms with van der Waals surface area (Å²) in [6, 6.07) is -0.132. The number of ether oxygens (including phenoxy) is 1. The molecule has 0 radical (unpaired) electrons. The summed E-state index contributed by atoms with van der Waals surface area (Å²) >= 11 is 0. The lowest BCUT2D eigenvalue weighted by molar-refractivity contribution is -0.143. The first kappa shape index (κ1) is 15.8. The quantitative estimate of drug-likeness (QED) is 0.853. The summed E-state index contributed by atoms with van der Waals surface area (Å²) in [5.41, 5.74) is -0.831. The fourth-order valence-electron chi connectivity index (χ4n) is 2.58. The summed E-state index contributed by atoms with van der Waals surface area (Å²) in [7, 11) is 1.68. The normalized spacial score (nSPS) is 19.2. The Hall–Kier alpha value is -1.26. The molecule has 0 saturated heterocycles. The van der Waals surface area contributed by atoms with E-state index in [9.17, 15) is 9.59 Å². The van der Waals surface area contributed by atoms with Crippen LogP contribution in [-0.2, 0) is 9.53 Å². The molecule has 1 fully saturated rings. The molecule has 1 N–H and O–H groups in total. The summed E-state index contributed by atoms with van der Waals surface area (Å²) in [6.45, 7) is 7.37. The van der Waals surface area contributed by atoms with Crippen molar-refractivity contribution in [3.63, 3.8) is 0 Å². The zero-order valence-electron chi connectivity index (χ0n) is 12.5. The van der Waals surface area contributed by atoms with Gasteiger partial charge in [-0.15, -0.1) is 0 Å². The highest BCUT2D eigenvalue weighted by Crippen LogP contribution is 2.48. The number of carboxylic acids is 1. The van der Waals surface area contributed by atoms with Crippen molar-refractivity contribution < 1.29 is 19.4 Å². The highest BCUT2D eigenvalue weighted by Gasteiger charge is 2.46. The van der Waals surface area contributed by atoms with Gasteiger partial charge in [0.15, 0.2) is 0 Å². The summed E-state index contributed by atoms with van der Waals surface area (Å²) in [4.78, 5) is 24.6. The van der Waals surface area contributed by atoms with Crippen molar-refractivity contribution in [2.75, 3.05) is 7.05 Å². The molecule has 0 bridgehead atoms. The summed E-state index contributed by atoms with van der Waals surface area (Å²) in [6.07, 6.45) is 2.46. The number of aliphatic carboxylic acids is 1. The third kappa shape index (κ3) is 3.85. The molecule has 0 aromatic heterocycles. The van der Waals surface area contributed by atoms with Gasteiger partial charge in [-0.05, 0) is 40.5 Å². The molecule has 1 aliphatic carbocycles. The van der Waals surface area contributed by atoms with E-state index in [0.29, 0.717) is 0 Å². The molecule has 0 aliphatic heterocycles. The van der Waals surface area contributed by atoms with Crippen LogP contribution in [0.15, 0.2) is 0 Å². The van der Waals surface area contributed by atoms with Crippen molar-refractivity contribution >= 4 is 12.1 Å². The van der Waals surface area contributed by atoms with Crippen LogP contribution in [0.25, 0.3) is 0 Å². The maximum Gasteiger partial charge on any atom is 0.410 e. The van der Waals surface area contributed by atoms with Gasteiger partial charge < -0.3 is 14.7 Å². The minimum Gasteiger partial charge on any atom is -0.481 e. The number of hydrogen-bond donors (Lipinski definition) is 1. The van der Waals surface area contributed by atoms with Crippen molar-refractivity contribution in [1.82, 2.24) is 4.90 Å². The molecule has 5 nitrogen and oxygen atoms in total. The first-order chi connectivity index (χ1) is 8.57. The van der Waals surface area contributed by atoms with Crippen LogP contribution in [0, 0.1) is 5.41 Å². The van der Waals surface area contributed by atoms with Crippen molar-refractivity contribution in [2.24, 2.45) is 5.41 Å². The first-order valence-corrected chi connectivity index (χ1v) is 6.75. The van der Waals surface area contributed by atoms with E-state index in [1.807, 2.05) is 27.7 Å². The highest BCUT2D eigenvalue weighted by atomic mass is 16.6. The van der Waals surface area contributed by atoms with E-state index in [4.69, 9.17) is 9.84 Å². The fourth-order valence-corrected chi connectivity index (χ4v) is 2.58. The van der Waals surface area contributed by atoms with Gasteiger partial charge in [0.2, 0.25) is 0 Å². The molecular formula is C14H25NO4. The maximum atomic E-state index is 12.0. The van der Waals surface area contributed by atoms with Crippen molar-refractivity contribution in [2.45, 2.75) is 65.0 Å². The molecule has 0 aromatic rings. The minimum atomic E-state index is -0.802. The molecule has 1 rings (SSSR count). The average Bonchev–Trinajstić information content (AvgIpc) is 2.18. The lowest BCUT2D eigenvalue weighted by Crippen LogP contribution is -2.52. The molecule has 19 heavy (non-hydrogen) atoms. The second kappa shape index (κ2) is 5.39. The van der Waals surface area contributed by atoms with E-state index in [-0.39, 0.29) is 17.9 Å². The highest BCUT2D eigenvalue weighted by molar-refractivity contribution is 5.70. The van der Waals surface area contributed by atoms with E-state index in [2.05, 4.69) is 0 Å². The van der Waals surface area contributed by atoms with E-state index in [1.165, 1.54) is 4.90 Å². The largest absolute Gasteiger partial charge is 0.481 e. The summed E-state index contributed by atoms with van der Waals surface area (Å²) in [5.74, 6) is -0.802. The van der Waals surface area contributed by atoms with Crippen LogP contribution < -0.4 is 0 Å². The molecule has 1 aliphatic rings. The Morgan fingerprint density at radius 3 is 2.21 bits per heavy atom. The second-order valence-corrected chi connectivity index (χ2v) is 6.55. The third-order valence-corrected chi connectivity index (χ3v) is 4.00. The van der Waals surface area contributed by atoms with Crippen molar-refractivity contribution in [3.05, 3.63) is 0 Å². The van der Waals surface area contributed by atoms with Gasteiger partial charge in [0.1, 0.15) is 5.60 Å². The van der Waals surface area contributed by atoms with Crippen LogP contribution in [0.2, 0.25) is 0 Å². The molecule has 1 atom stereocenters. The Labute approximate surface area is 114 Å². The lowest BCUT2D eigenvalue weighted by Gasteiger charge is -2.48. The summed E-state index contributed by atoms with van der Waals surface area (Å²) < 4.78 is 5.33. The van der Waals surface area contributed by atoms with E-state index in [1.54, 1.807) is 7.05 Å². The standard InChI is InChI=1S/C14H25NO4/c1-10(14(7-6-8-14)9-11(16)17)15(5)12(18)19-13(2,3)4/h10H,6-9H2,1-5H3,(H,16,17). The Morgan fingerprint density at radius 1 is 1.37 bits per heavy atom. The van der Waals surface area contributed by atoms with Crippen molar-refractivity contribution in [1.29, 1.82) is 0 Å². The predicted octanol–water partition coefficient (Wildman–Crippen LogP) is 2.89. The molecule has 110 valence electrons. The number of hydrogen-bond acceptors (Lipinski definition) is 3. The Kier molecular flexibility index (Phi) is 4.48. The second-order valence-electron chi connectivity index (χ2n) is 6.55. The predicted molar refractivity (Wildman–Crippen MR) is 72.0 cm³/mol. The molecule has 1 amide bonds. The summed E-state index contributed by atoms with van der Waals surface area (Å²) in [5, 5.41) is 9.04. The molecule has 0 spiro atoms.